The summed E-state index contributed by atoms with van der Waals surface area (Å²) in [7, 11) is -1.63. The molecule has 3 aromatic rings. The summed E-state index contributed by atoms with van der Waals surface area (Å²) < 4.78 is 5.50. The molecule has 1 amide bonds. The van der Waals surface area contributed by atoms with E-state index < -0.39 is 14.2 Å². The number of benzene rings is 3. The van der Waals surface area contributed by atoms with Gasteiger partial charge in [0, 0.05) is 11.7 Å². The van der Waals surface area contributed by atoms with Crippen LogP contribution in [0.15, 0.2) is 72.8 Å². The van der Waals surface area contributed by atoms with Crippen LogP contribution in [0.2, 0.25) is 19.6 Å². The van der Waals surface area contributed by atoms with E-state index in [1.807, 2.05) is 72.8 Å². The summed E-state index contributed by atoms with van der Waals surface area (Å²) >= 11 is 0. The van der Waals surface area contributed by atoms with Crippen molar-refractivity contribution in [2.24, 2.45) is 0 Å². The van der Waals surface area contributed by atoms with E-state index in [-0.39, 0.29) is 18.9 Å². The minimum absolute atomic E-state index is 0.0240. The standard InChI is InChI=1S/C24H27NO3Si/c1-29(2,3)18-25(24(27)28-17-19-9-5-4-6-10-19)16-23(26)22-14-13-20-11-7-8-12-21(20)15-22/h4-15H,16-18H2,1-3H3. The number of amides is 1. The van der Waals surface area contributed by atoms with Gasteiger partial charge in [-0.15, -0.1) is 0 Å². The molecule has 3 aromatic carbocycles. The Morgan fingerprint density at radius 1 is 0.862 bits per heavy atom. The highest BCUT2D eigenvalue weighted by molar-refractivity contribution is 6.76. The Morgan fingerprint density at radius 2 is 1.52 bits per heavy atom. The molecule has 0 aliphatic heterocycles. The van der Waals surface area contributed by atoms with Gasteiger partial charge in [0.05, 0.1) is 14.6 Å². The maximum Gasteiger partial charge on any atom is 0.410 e. The molecule has 0 atom stereocenters. The average molecular weight is 406 g/mol. The highest BCUT2D eigenvalue weighted by Crippen LogP contribution is 2.17. The maximum absolute atomic E-state index is 12.9. The van der Waals surface area contributed by atoms with Gasteiger partial charge in [0.1, 0.15) is 6.61 Å². The number of hydrogen-bond acceptors (Lipinski definition) is 3. The van der Waals surface area contributed by atoms with E-state index in [2.05, 4.69) is 19.6 Å². The van der Waals surface area contributed by atoms with Crippen LogP contribution in [0, 0.1) is 0 Å². The molecule has 0 saturated carbocycles. The summed E-state index contributed by atoms with van der Waals surface area (Å²) in [5.74, 6) is -0.0781. The van der Waals surface area contributed by atoms with Gasteiger partial charge in [0.2, 0.25) is 0 Å². The van der Waals surface area contributed by atoms with Crippen molar-refractivity contribution in [3.05, 3.63) is 83.9 Å². The Kier molecular flexibility index (Phi) is 6.49. The SMILES string of the molecule is C[Si](C)(C)CN(CC(=O)c1ccc2ccccc2c1)C(=O)OCc1ccccc1. The minimum Gasteiger partial charge on any atom is -0.445 e. The first kappa shape index (κ1) is 20.8. The number of Topliss-reactive ketones (excluding diaryl/α,β-unsaturated/α-hetero) is 1. The number of hydrogen-bond donors (Lipinski definition) is 0. The molecule has 5 heteroatoms. The van der Waals surface area contributed by atoms with Crippen molar-refractivity contribution in [1.82, 2.24) is 4.90 Å². The van der Waals surface area contributed by atoms with Crippen LogP contribution >= 0.6 is 0 Å². The monoisotopic (exact) mass is 405 g/mol. The third-order valence-electron chi connectivity index (χ3n) is 4.53. The first-order chi connectivity index (χ1) is 13.8. The van der Waals surface area contributed by atoms with Crippen molar-refractivity contribution in [3.63, 3.8) is 0 Å². The summed E-state index contributed by atoms with van der Waals surface area (Å²) in [5.41, 5.74) is 1.54. The lowest BCUT2D eigenvalue weighted by Gasteiger charge is -2.27. The lowest BCUT2D eigenvalue weighted by molar-refractivity contribution is 0.0833. The Bertz CT molecular complexity index is 996. The number of fused-ring (bicyclic) bond motifs is 1. The lowest BCUT2D eigenvalue weighted by Crippen LogP contribution is -2.46. The molecule has 0 radical (unpaired) electrons. The van der Waals surface area contributed by atoms with Crippen molar-refractivity contribution < 1.29 is 14.3 Å². The van der Waals surface area contributed by atoms with Gasteiger partial charge >= 0.3 is 6.09 Å². The number of ketones is 1. The predicted octanol–water partition coefficient (Wildman–Crippen LogP) is 5.54. The van der Waals surface area contributed by atoms with Crippen molar-refractivity contribution in [1.29, 1.82) is 0 Å². The van der Waals surface area contributed by atoms with E-state index in [0.717, 1.165) is 16.3 Å². The zero-order valence-corrected chi connectivity index (χ0v) is 18.2. The molecule has 4 nitrogen and oxygen atoms in total. The van der Waals surface area contributed by atoms with Gasteiger partial charge in [-0.1, -0.05) is 86.4 Å². The van der Waals surface area contributed by atoms with Crippen LogP contribution in [0.25, 0.3) is 10.8 Å². The molecule has 0 aromatic heterocycles. The molecule has 0 N–H and O–H groups in total. The maximum atomic E-state index is 12.9. The second-order valence-corrected chi connectivity index (χ2v) is 13.9. The molecule has 0 saturated heterocycles. The van der Waals surface area contributed by atoms with Crippen LogP contribution in [0.4, 0.5) is 4.79 Å². The Balaban J connectivity index is 1.73. The largest absolute Gasteiger partial charge is 0.445 e. The molecule has 0 fully saturated rings. The zero-order valence-electron chi connectivity index (χ0n) is 17.2. The van der Waals surface area contributed by atoms with Crippen molar-refractivity contribution in [2.45, 2.75) is 26.2 Å². The number of carbonyl (C=O) groups excluding carboxylic acids is 2. The molecule has 0 aliphatic rings. The lowest BCUT2D eigenvalue weighted by atomic mass is 10.0. The van der Waals surface area contributed by atoms with Crippen molar-refractivity contribution >= 4 is 30.7 Å². The Morgan fingerprint density at radius 3 is 2.21 bits per heavy atom. The topological polar surface area (TPSA) is 46.6 Å². The highest BCUT2D eigenvalue weighted by Gasteiger charge is 2.26. The van der Waals surface area contributed by atoms with Crippen molar-refractivity contribution in [2.75, 3.05) is 12.7 Å². The molecule has 0 bridgehead atoms. The fourth-order valence-electron chi connectivity index (χ4n) is 3.20. The average Bonchev–Trinajstić information content (AvgIpc) is 2.71. The summed E-state index contributed by atoms with van der Waals surface area (Å²) in [6.07, 6.45) is 0.130. The van der Waals surface area contributed by atoms with Crippen LogP contribution in [0.5, 0.6) is 0 Å². The Hall–Kier alpha value is -2.92. The molecule has 0 heterocycles. The Labute approximate surface area is 173 Å². The van der Waals surface area contributed by atoms with E-state index in [1.54, 1.807) is 4.90 Å². The third kappa shape index (κ3) is 6.03. The third-order valence-corrected chi connectivity index (χ3v) is 5.86. The summed E-state index contributed by atoms with van der Waals surface area (Å²) in [4.78, 5) is 27.2. The van der Waals surface area contributed by atoms with E-state index in [9.17, 15) is 9.59 Å². The van der Waals surface area contributed by atoms with Crippen LogP contribution in [-0.2, 0) is 11.3 Å². The fourth-order valence-corrected chi connectivity index (χ4v) is 4.58. The van der Waals surface area contributed by atoms with Crippen LogP contribution in [-0.4, -0.2) is 37.6 Å². The molecule has 29 heavy (non-hydrogen) atoms. The second-order valence-electron chi connectivity index (χ2n) is 8.44. The molecule has 0 aliphatic carbocycles. The molecule has 150 valence electrons. The number of carbonyl (C=O) groups is 2. The summed E-state index contributed by atoms with van der Waals surface area (Å²) in [5, 5.41) is 2.10. The van der Waals surface area contributed by atoms with Crippen LogP contribution in [0.3, 0.4) is 0 Å². The smallest absolute Gasteiger partial charge is 0.410 e. The molecular formula is C24H27NO3Si. The van der Waals surface area contributed by atoms with Crippen LogP contribution < -0.4 is 0 Å². The number of rotatable bonds is 7. The normalized spacial score (nSPS) is 11.3. The summed E-state index contributed by atoms with van der Waals surface area (Å²) in [6, 6.07) is 23.2. The first-order valence-corrected chi connectivity index (χ1v) is 13.5. The minimum atomic E-state index is -1.63. The highest BCUT2D eigenvalue weighted by atomic mass is 28.3. The van der Waals surface area contributed by atoms with Gasteiger partial charge in [0.25, 0.3) is 0 Å². The number of ether oxygens (including phenoxy) is 1. The quantitative estimate of drug-likeness (QED) is 0.383. The number of nitrogens with zero attached hydrogens (tertiary/aromatic N) is 1. The molecule has 0 spiro atoms. The van der Waals surface area contributed by atoms with Gasteiger partial charge in [0.15, 0.2) is 5.78 Å². The van der Waals surface area contributed by atoms with Crippen molar-refractivity contribution in [3.8, 4) is 0 Å². The van der Waals surface area contributed by atoms with E-state index in [4.69, 9.17) is 4.74 Å². The van der Waals surface area contributed by atoms with E-state index >= 15 is 0 Å². The molecule has 3 rings (SSSR count). The van der Waals surface area contributed by atoms with Gasteiger partial charge in [-0.3, -0.25) is 4.79 Å². The van der Waals surface area contributed by atoms with Gasteiger partial charge < -0.3 is 9.64 Å². The molecule has 0 unspecified atom stereocenters. The summed E-state index contributed by atoms with van der Waals surface area (Å²) in [6.45, 7) is 6.74. The van der Waals surface area contributed by atoms with Gasteiger partial charge in [-0.2, -0.15) is 0 Å². The van der Waals surface area contributed by atoms with Crippen LogP contribution in [0.1, 0.15) is 15.9 Å². The second kappa shape index (κ2) is 9.05. The zero-order chi connectivity index (χ0) is 20.9. The van der Waals surface area contributed by atoms with Gasteiger partial charge in [-0.25, -0.2) is 4.79 Å². The molecular weight excluding hydrogens is 378 g/mol. The fraction of sp³-hybridized carbons (Fsp3) is 0.250. The van der Waals surface area contributed by atoms with E-state index in [0.29, 0.717) is 11.7 Å². The van der Waals surface area contributed by atoms with Gasteiger partial charge in [-0.05, 0) is 22.4 Å². The first-order valence-electron chi connectivity index (χ1n) is 9.79. The predicted molar refractivity (Wildman–Crippen MR) is 120 cm³/mol. The van der Waals surface area contributed by atoms with E-state index in [1.165, 1.54) is 0 Å².